The number of halogens is 24. The van der Waals surface area contributed by atoms with E-state index in [1.54, 1.807) is 0 Å². The van der Waals surface area contributed by atoms with Gasteiger partial charge in [0.15, 0.2) is 140 Å². The molecule has 0 saturated heterocycles. The van der Waals surface area contributed by atoms with Gasteiger partial charge in [-0.05, 0) is 36.4 Å². The molecule has 0 heterocycles. The highest BCUT2D eigenvalue weighted by Crippen LogP contribution is 2.24. The van der Waals surface area contributed by atoms with E-state index in [9.17, 15) is 105 Å². The van der Waals surface area contributed by atoms with Crippen molar-refractivity contribution in [3.63, 3.8) is 0 Å². The normalized spacial score (nSPS) is 11.2. The van der Waals surface area contributed by atoms with Gasteiger partial charge in [-0.2, -0.15) is 0 Å². The lowest BCUT2D eigenvalue weighted by Crippen LogP contribution is -2.60. The van der Waals surface area contributed by atoms with Gasteiger partial charge in [0.1, 0.15) is 0 Å². The van der Waals surface area contributed by atoms with Crippen molar-refractivity contribution >= 4 is 46.2 Å². The van der Waals surface area contributed by atoms with Crippen LogP contribution in [-0.2, 0) is 0 Å². The Morgan fingerprint density at radius 2 is 0.323 bits per heavy atom. The van der Waals surface area contributed by atoms with Crippen LogP contribution in [0.3, 0.4) is 0 Å². The van der Waals surface area contributed by atoms with Crippen molar-refractivity contribution in [1.82, 2.24) is 0 Å². The summed E-state index contributed by atoms with van der Waals surface area (Å²) in [6.07, 6.45) is 0. The number of benzene rings is 6. The van der Waals surface area contributed by atoms with Crippen molar-refractivity contribution in [3.8, 4) is 0 Å². The second-order valence-electron chi connectivity index (χ2n) is 12.2. The third kappa shape index (κ3) is 7.89. The molecule has 6 aromatic rings. The first kappa shape index (κ1) is 46.8. The predicted molar refractivity (Wildman–Crippen MR) is 167 cm³/mol. The van der Waals surface area contributed by atoms with E-state index in [-0.39, 0.29) is 0 Å². The lowest BCUT2D eigenvalue weighted by atomic mass is 9.36. The van der Waals surface area contributed by atoms with Gasteiger partial charge < -0.3 is 0 Å². The molecule has 324 valence electrons. The molecule has 62 heavy (non-hydrogen) atoms. The standard InChI is InChI=1S/C18BF15.C18H6BF9/c20-4-1(5(21)11(27)16(32)10(4)26)19(2-6(22)12(28)17(33)13(29)7(2)23)3-8(24)14(30)18(34)15(31)9(3)25;20-10-1-7(2-11(21)16(10)26)19(8-3-12(22)17(27)13(23)4-8)9-5-14(24)18(28)15(25)6-9/h;1-6H. The Labute approximate surface area is 327 Å². The zero-order valence-electron chi connectivity index (χ0n) is 28.7. The molecule has 0 spiro atoms. The molecular weight excluding hydrogens is 910 g/mol. The van der Waals surface area contributed by atoms with Crippen LogP contribution in [0.1, 0.15) is 0 Å². The average Bonchev–Trinajstić information content (AvgIpc) is 3.22. The van der Waals surface area contributed by atoms with Crippen LogP contribution in [0.2, 0.25) is 0 Å². The Hall–Kier alpha value is -6.23. The molecule has 26 heteroatoms. The van der Waals surface area contributed by atoms with E-state index in [1.807, 2.05) is 0 Å². The minimum Gasteiger partial charge on any atom is -0.204 e. The minimum atomic E-state index is -3.96. The quantitative estimate of drug-likeness (QED) is 0.0695. The number of rotatable bonds is 6. The summed E-state index contributed by atoms with van der Waals surface area (Å²) in [5.41, 5.74) is -9.56. The van der Waals surface area contributed by atoms with Gasteiger partial charge in [0.05, 0.1) is 0 Å². The van der Waals surface area contributed by atoms with Crippen LogP contribution < -0.4 is 32.8 Å². The number of hydrogen-bond acceptors (Lipinski definition) is 0. The summed E-state index contributed by atoms with van der Waals surface area (Å²) in [5, 5.41) is 0. The van der Waals surface area contributed by atoms with Crippen LogP contribution in [0.15, 0.2) is 36.4 Å². The lowest BCUT2D eigenvalue weighted by molar-refractivity contribution is 0.380. The molecule has 6 rings (SSSR count). The van der Waals surface area contributed by atoms with Crippen molar-refractivity contribution in [2.75, 3.05) is 0 Å². The zero-order chi connectivity index (χ0) is 46.7. The average molecular weight is 916 g/mol. The van der Waals surface area contributed by atoms with Crippen molar-refractivity contribution in [3.05, 3.63) is 176 Å². The van der Waals surface area contributed by atoms with Crippen molar-refractivity contribution in [1.29, 1.82) is 0 Å². The summed E-state index contributed by atoms with van der Waals surface area (Å²) in [5.74, 6) is -60.9. The third-order valence-corrected chi connectivity index (χ3v) is 8.62. The zero-order valence-corrected chi connectivity index (χ0v) is 28.7. The summed E-state index contributed by atoms with van der Waals surface area (Å²) in [7, 11) is 0. The largest absolute Gasteiger partial charge is 0.265 e. The summed E-state index contributed by atoms with van der Waals surface area (Å²) in [6, 6.07) is 2.59. The van der Waals surface area contributed by atoms with Crippen LogP contribution in [-0.4, -0.2) is 13.4 Å². The van der Waals surface area contributed by atoms with E-state index in [2.05, 4.69) is 0 Å². The number of hydrogen-bond donors (Lipinski definition) is 0. The Bertz CT molecular complexity index is 2370. The maximum absolute atomic E-state index is 14.4. The fourth-order valence-corrected chi connectivity index (χ4v) is 5.86. The molecule has 0 N–H and O–H groups in total. The molecule has 0 aliphatic heterocycles. The van der Waals surface area contributed by atoms with E-state index >= 15 is 0 Å². The highest BCUT2D eigenvalue weighted by atomic mass is 19.2. The van der Waals surface area contributed by atoms with Crippen LogP contribution >= 0.6 is 0 Å². The van der Waals surface area contributed by atoms with E-state index < -0.39 is 186 Å². The van der Waals surface area contributed by atoms with Gasteiger partial charge in [0.2, 0.25) is 6.71 Å². The molecule has 6 aromatic carbocycles. The Morgan fingerprint density at radius 3 is 0.484 bits per heavy atom. The second kappa shape index (κ2) is 17.3. The topological polar surface area (TPSA) is 0 Å². The molecule has 0 atom stereocenters. The highest BCUT2D eigenvalue weighted by Gasteiger charge is 2.45. The SMILES string of the molecule is Fc1c(F)c(F)c(B(c2c(F)c(F)c(F)c(F)c2F)c2c(F)c(F)c(F)c(F)c2F)c(F)c1F.Fc1cc(B(c2cc(F)c(F)c(F)c2)c2cc(F)c(F)c(F)c2)cc(F)c1F. The molecule has 0 nitrogen and oxygen atoms in total. The van der Waals surface area contributed by atoms with Crippen LogP contribution in [0.4, 0.5) is 105 Å². The lowest BCUT2D eigenvalue weighted by Gasteiger charge is -2.21. The molecule has 0 aromatic heterocycles. The highest BCUT2D eigenvalue weighted by molar-refractivity contribution is 6.96. The van der Waals surface area contributed by atoms with E-state index in [4.69, 9.17) is 0 Å². The molecule has 0 aliphatic rings. The fraction of sp³-hybridized carbons (Fsp3) is 0. The molecule has 0 fully saturated rings. The van der Waals surface area contributed by atoms with Crippen LogP contribution in [0, 0.1) is 140 Å². The van der Waals surface area contributed by atoms with E-state index in [1.165, 1.54) is 0 Å². The molecule has 0 amide bonds. The summed E-state index contributed by atoms with van der Waals surface area (Å²) < 4.78 is 330. The predicted octanol–water partition coefficient (Wildman–Crippen LogP) is 7.74. The van der Waals surface area contributed by atoms with Crippen molar-refractivity contribution in [2.45, 2.75) is 0 Å². The first-order chi connectivity index (χ1) is 28.8. The monoisotopic (exact) mass is 916 g/mol. The first-order valence-corrected chi connectivity index (χ1v) is 15.7. The van der Waals surface area contributed by atoms with Gasteiger partial charge in [0, 0.05) is 16.4 Å². The van der Waals surface area contributed by atoms with Crippen LogP contribution in [0.25, 0.3) is 0 Å². The smallest absolute Gasteiger partial charge is 0.204 e. The Kier molecular flexibility index (Phi) is 13.0. The van der Waals surface area contributed by atoms with Gasteiger partial charge in [-0.15, -0.1) is 0 Å². The molecule has 0 bridgehead atoms. The third-order valence-electron chi connectivity index (χ3n) is 8.62. The van der Waals surface area contributed by atoms with Gasteiger partial charge in [-0.3, -0.25) is 0 Å². The molecule has 0 aliphatic carbocycles. The van der Waals surface area contributed by atoms with E-state index in [0.717, 1.165) is 0 Å². The summed E-state index contributed by atoms with van der Waals surface area (Å²) in [4.78, 5) is 0. The maximum atomic E-state index is 14.4. The van der Waals surface area contributed by atoms with Gasteiger partial charge in [-0.25, -0.2) is 105 Å². The fourth-order valence-electron chi connectivity index (χ4n) is 5.86. The van der Waals surface area contributed by atoms with E-state index in [0.29, 0.717) is 36.4 Å². The van der Waals surface area contributed by atoms with Gasteiger partial charge >= 0.3 is 0 Å². The van der Waals surface area contributed by atoms with Gasteiger partial charge in [0.25, 0.3) is 6.71 Å². The van der Waals surface area contributed by atoms with Crippen LogP contribution in [0.5, 0.6) is 0 Å². The molecule has 0 unspecified atom stereocenters. The summed E-state index contributed by atoms with van der Waals surface area (Å²) >= 11 is 0. The molecule has 0 radical (unpaired) electrons. The first-order valence-electron chi connectivity index (χ1n) is 15.7. The van der Waals surface area contributed by atoms with Gasteiger partial charge in [-0.1, -0.05) is 16.4 Å². The Balaban J connectivity index is 0.000000238. The van der Waals surface area contributed by atoms with Crippen molar-refractivity contribution in [2.24, 2.45) is 0 Å². The Morgan fingerprint density at radius 1 is 0.177 bits per heavy atom. The summed E-state index contributed by atoms with van der Waals surface area (Å²) in [6.45, 7) is -5.64. The maximum Gasteiger partial charge on any atom is 0.265 e. The minimum absolute atomic E-state index is 0.432. The molecular formula is C36H6B2F24. The van der Waals surface area contributed by atoms with Crippen molar-refractivity contribution < 1.29 is 105 Å². The second-order valence-corrected chi connectivity index (χ2v) is 12.2. The molecule has 0 saturated carbocycles.